The third kappa shape index (κ3) is 4.61. The lowest BCUT2D eigenvalue weighted by Gasteiger charge is -2.05. The van der Waals surface area contributed by atoms with Gasteiger partial charge in [0.05, 0.1) is 0 Å². The summed E-state index contributed by atoms with van der Waals surface area (Å²) in [5, 5.41) is 3.26. The highest BCUT2D eigenvalue weighted by molar-refractivity contribution is 5.20. The quantitative estimate of drug-likeness (QED) is 0.724. The lowest BCUT2D eigenvalue weighted by molar-refractivity contribution is 0.347. The third-order valence-corrected chi connectivity index (χ3v) is 1.94. The third-order valence-electron chi connectivity index (χ3n) is 1.94. The number of rotatable bonds is 6. The summed E-state index contributed by atoms with van der Waals surface area (Å²) < 4.78 is 5.44. The van der Waals surface area contributed by atoms with Crippen LogP contribution in [0.5, 0.6) is 5.88 Å². The van der Waals surface area contributed by atoms with Gasteiger partial charge in [-0.15, -0.1) is 0 Å². The molecule has 0 amide bonds. The summed E-state index contributed by atoms with van der Waals surface area (Å²) in [5.74, 6) is 0.684. The van der Waals surface area contributed by atoms with E-state index in [0.717, 1.165) is 13.1 Å². The van der Waals surface area contributed by atoms with Crippen LogP contribution in [0.2, 0.25) is 0 Å². The maximum atomic E-state index is 5.44. The zero-order chi connectivity index (χ0) is 10.9. The second-order valence-electron chi connectivity index (χ2n) is 3.16. The molecule has 1 N–H and O–H groups in total. The SMILES string of the molecule is CC=CCOc1cc(CNCC)ccn1. The highest BCUT2D eigenvalue weighted by Gasteiger charge is 1.96. The molecule has 0 fully saturated rings. The van der Waals surface area contributed by atoms with E-state index in [1.807, 2.05) is 31.2 Å². The normalized spacial score (nSPS) is 10.8. The highest BCUT2D eigenvalue weighted by Crippen LogP contribution is 2.08. The summed E-state index contributed by atoms with van der Waals surface area (Å²) in [5.41, 5.74) is 1.20. The molecule has 82 valence electrons. The molecule has 0 saturated carbocycles. The van der Waals surface area contributed by atoms with Crippen molar-refractivity contribution in [3.8, 4) is 5.88 Å². The first-order chi connectivity index (χ1) is 7.36. The molecule has 0 radical (unpaired) electrons. The molecule has 0 spiro atoms. The maximum absolute atomic E-state index is 5.44. The minimum atomic E-state index is 0.578. The first-order valence-electron chi connectivity index (χ1n) is 5.26. The smallest absolute Gasteiger partial charge is 0.213 e. The molecule has 15 heavy (non-hydrogen) atoms. The van der Waals surface area contributed by atoms with Gasteiger partial charge in [-0.1, -0.05) is 19.1 Å². The van der Waals surface area contributed by atoms with Gasteiger partial charge >= 0.3 is 0 Å². The number of nitrogens with zero attached hydrogens (tertiary/aromatic N) is 1. The van der Waals surface area contributed by atoms with Gasteiger partial charge in [-0.25, -0.2) is 4.98 Å². The summed E-state index contributed by atoms with van der Waals surface area (Å²) in [6, 6.07) is 3.96. The highest BCUT2D eigenvalue weighted by atomic mass is 16.5. The van der Waals surface area contributed by atoms with Gasteiger partial charge in [0.25, 0.3) is 0 Å². The fourth-order valence-electron chi connectivity index (χ4n) is 1.14. The second kappa shape index (κ2) is 7.01. The molecule has 3 nitrogen and oxygen atoms in total. The van der Waals surface area contributed by atoms with E-state index in [-0.39, 0.29) is 0 Å². The molecule has 1 aromatic heterocycles. The molecule has 0 saturated heterocycles. The van der Waals surface area contributed by atoms with Crippen molar-refractivity contribution in [1.29, 1.82) is 0 Å². The van der Waals surface area contributed by atoms with Crippen molar-refractivity contribution in [3.05, 3.63) is 36.0 Å². The molecule has 0 atom stereocenters. The lowest BCUT2D eigenvalue weighted by atomic mass is 10.2. The van der Waals surface area contributed by atoms with Crippen molar-refractivity contribution < 1.29 is 4.74 Å². The van der Waals surface area contributed by atoms with Crippen molar-refractivity contribution in [2.24, 2.45) is 0 Å². The number of ether oxygens (including phenoxy) is 1. The minimum Gasteiger partial charge on any atom is -0.473 e. The number of hydrogen-bond donors (Lipinski definition) is 1. The standard InChI is InChI=1S/C12H18N2O/c1-3-5-8-15-12-9-11(6-7-14-12)10-13-4-2/h3,5-7,9,13H,4,8,10H2,1-2H3. The van der Waals surface area contributed by atoms with Crippen molar-refractivity contribution in [2.75, 3.05) is 13.2 Å². The van der Waals surface area contributed by atoms with E-state index in [0.29, 0.717) is 12.5 Å². The fourth-order valence-corrected chi connectivity index (χ4v) is 1.14. The Hall–Kier alpha value is -1.35. The van der Waals surface area contributed by atoms with Gasteiger partial charge in [-0.05, 0) is 25.1 Å². The summed E-state index contributed by atoms with van der Waals surface area (Å²) in [4.78, 5) is 4.14. The second-order valence-corrected chi connectivity index (χ2v) is 3.16. The molecule has 0 aliphatic carbocycles. The maximum Gasteiger partial charge on any atom is 0.213 e. The Morgan fingerprint density at radius 1 is 1.53 bits per heavy atom. The van der Waals surface area contributed by atoms with Crippen LogP contribution < -0.4 is 10.1 Å². The van der Waals surface area contributed by atoms with Crippen LogP contribution in [0.1, 0.15) is 19.4 Å². The molecule has 3 heteroatoms. The number of aromatic nitrogens is 1. The Balaban J connectivity index is 2.49. The molecule has 1 heterocycles. The number of nitrogens with one attached hydrogen (secondary N) is 1. The van der Waals surface area contributed by atoms with Crippen LogP contribution in [-0.2, 0) is 6.54 Å². The van der Waals surface area contributed by atoms with E-state index in [2.05, 4.69) is 17.2 Å². The molecule has 0 aliphatic heterocycles. The molecular formula is C12H18N2O. The Labute approximate surface area is 91.2 Å². The van der Waals surface area contributed by atoms with Crippen LogP contribution in [0.15, 0.2) is 30.5 Å². The van der Waals surface area contributed by atoms with Gasteiger partial charge in [0.2, 0.25) is 5.88 Å². The van der Waals surface area contributed by atoms with Gasteiger partial charge in [-0.3, -0.25) is 0 Å². The summed E-state index contributed by atoms with van der Waals surface area (Å²) in [6.07, 6.45) is 5.69. The van der Waals surface area contributed by atoms with Crippen LogP contribution in [0.25, 0.3) is 0 Å². The zero-order valence-electron chi connectivity index (χ0n) is 9.36. The lowest BCUT2D eigenvalue weighted by Crippen LogP contribution is -2.11. The van der Waals surface area contributed by atoms with E-state index in [4.69, 9.17) is 4.74 Å². The van der Waals surface area contributed by atoms with Gasteiger partial charge in [-0.2, -0.15) is 0 Å². The number of hydrogen-bond acceptors (Lipinski definition) is 3. The van der Waals surface area contributed by atoms with Crippen LogP contribution in [-0.4, -0.2) is 18.1 Å². The van der Waals surface area contributed by atoms with E-state index in [1.165, 1.54) is 5.56 Å². The van der Waals surface area contributed by atoms with Gasteiger partial charge < -0.3 is 10.1 Å². The Morgan fingerprint density at radius 3 is 3.13 bits per heavy atom. The minimum absolute atomic E-state index is 0.578. The van der Waals surface area contributed by atoms with Gasteiger partial charge in [0.15, 0.2) is 0 Å². The zero-order valence-corrected chi connectivity index (χ0v) is 9.36. The Kier molecular flexibility index (Phi) is 5.48. The van der Waals surface area contributed by atoms with E-state index >= 15 is 0 Å². The van der Waals surface area contributed by atoms with Crippen molar-refractivity contribution in [3.63, 3.8) is 0 Å². The topological polar surface area (TPSA) is 34.1 Å². The molecule has 0 aromatic carbocycles. The van der Waals surface area contributed by atoms with Gasteiger partial charge in [0, 0.05) is 18.8 Å². The number of allylic oxidation sites excluding steroid dienone is 1. The van der Waals surface area contributed by atoms with Crippen LogP contribution in [0.3, 0.4) is 0 Å². The summed E-state index contributed by atoms with van der Waals surface area (Å²) in [7, 11) is 0. The van der Waals surface area contributed by atoms with Crippen LogP contribution in [0.4, 0.5) is 0 Å². The van der Waals surface area contributed by atoms with Gasteiger partial charge in [0.1, 0.15) is 6.61 Å². The molecule has 1 rings (SSSR count). The first-order valence-corrected chi connectivity index (χ1v) is 5.26. The molecule has 0 unspecified atom stereocenters. The fraction of sp³-hybridized carbons (Fsp3) is 0.417. The average Bonchev–Trinajstić information content (AvgIpc) is 2.27. The largest absolute Gasteiger partial charge is 0.473 e. The van der Waals surface area contributed by atoms with E-state index in [9.17, 15) is 0 Å². The molecule has 0 bridgehead atoms. The summed E-state index contributed by atoms with van der Waals surface area (Å²) >= 11 is 0. The number of pyridine rings is 1. The predicted molar refractivity (Wildman–Crippen MR) is 61.9 cm³/mol. The molecule has 1 aromatic rings. The van der Waals surface area contributed by atoms with Crippen LogP contribution >= 0.6 is 0 Å². The van der Waals surface area contributed by atoms with Crippen molar-refractivity contribution in [1.82, 2.24) is 10.3 Å². The average molecular weight is 206 g/mol. The monoisotopic (exact) mass is 206 g/mol. The first kappa shape index (κ1) is 11.7. The van der Waals surface area contributed by atoms with Crippen molar-refractivity contribution >= 4 is 0 Å². The molecular weight excluding hydrogens is 188 g/mol. The molecule has 0 aliphatic rings. The Morgan fingerprint density at radius 2 is 2.40 bits per heavy atom. The van der Waals surface area contributed by atoms with E-state index < -0.39 is 0 Å². The summed E-state index contributed by atoms with van der Waals surface area (Å²) in [6.45, 7) is 6.47. The van der Waals surface area contributed by atoms with Crippen LogP contribution in [0, 0.1) is 0 Å². The Bertz CT molecular complexity index is 310. The van der Waals surface area contributed by atoms with Crippen molar-refractivity contribution in [2.45, 2.75) is 20.4 Å². The van der Waals surface area contributed by atoms with E-state index in [1.54, 1.807) is 6.20 Å². The predicted octanol–water partition coefficient (Wildman–Crippen LogP) is 2.15.